The molecule has 0 saturated carbocycles. The monoisotopic (exact) mass is 369 g/mol. The van der Waals surface area contributed by atoms with Crippen LogP contribution in [0.25, 0.3) is 16.9 Å². The number of nitrogens with zero attached hydrogens (tertiary/aromatic N) is 1. The SMILES string of the molecule is CCOC(=O)c1cc(-c2ccc(OC)cc2)n(-c2ccc(Cl)cc2)c1C. The lowest BCUT2D eigenvalue weighted by atomic mass is 10.1. The van der Waals surface area contributed by atoms with Gasteiger partial charge in [0.15, 0.2) is 0 Å². The zero-order valence-electron chi connectivity index (χ0n) is 15.0. The Labute approximate surface area is 157 Å². The van der Waals surface area contributed by atoms with Gasteiger partial charge in [0.05, 0.1) is 25.0 Å². The molecule has 0 N–H and O–H groups in total. The van der Waals surface area contributed by atoms with Gasteiger partial charge in [0.25, 0.3) is 0 Å². The molecular weight excluding hydrogens is 350 g/mol. The normalized spacial score (nSPS) is 10.6. The van der Waals surface area contributed by atoms with Crippen LogP contribution in [-0.2, 0) is 4.74 Å². The zero-order valence-corrected chi connectivity index (χ0v) is 15.7. The van der Waals surface area contributed by atoms with E-state index >= 15 is 0 Å². The third-order valence-electron chi connectivity index (χ3n) is 4.21. The fourth-order valence-corrected chi connectivity index (χ4v) is 3.05. The summed E-state index contributed by atoms with van der Waals surface area (Å²) in [5, 5.41) is 0.662. The van der Waals surface area contributed by atoms with E-state index < -0.39 is 0 Å². The van der Waals surface area contributed by atoms with Crippen LogP contribution in [0.5, 0.6) is 5.75 Å². The maximum Gasteiger partial charge on any atom is 0.339 e. The van der Waals surface area contributed by atoms with Crippen LogP contribution in [0.1, 0.15) is 23.0 Å². The Bertz CT molecular complexity index is 912. The second-order valence-electron chi connectivity index (χ2n) is 5.79. The van der Waals surface area contributed by atoms with Gasteiger partial charge in [-0.25, -0.2) is 4.79 Å². The molecule has 134 valence electrons. The summed E-state index contributed by atoms with van der Waals surface area (Å²) >= 11 is 6.03. The molecule has 1 heterocycles. The first kappa shape index (κ1) is 18.1. The number of hydrogen-bond donors (Lipinski definition) is 0. The minimum atomic E-state index is -0.326. The van der Waals surface area contributed by atoms with Crippen LogP contribution in [-0.4, -0.2) is 24.3 Å². The van der Waals surface area contributed by atoms with Gasteiger partial charge in [0.2, 0.25) is 0 Å². The number of halogens is 1. The molecule has 0 saturated heterocycles. The minimum Gasteiger partial charge on any atom is -0.497 e. The molecule has 0 aliphatic rings. The highest BCUT2D eigenvalue weighted by Crippen LogP contribution is 2.31. The Morgan fingerprint density at radius 2 is 1.73 bits per heavy atom. The number of esters is 1. The van der Waals surface area contributed by atoms with Gasteiger partial charge in [-0.05, 0) is 74.0 Å². The molecule has 2 aromatic carbocycles. The Morgan fingerprint density at radius 1 is 1.08 bits per heavy atom. The minimum absolute atomic E-state index is 0.326. The number of carbonyl (C=O) groups excluding carboxylic acids is 1. The third kappa shape index (κ3) is 3.46. The number of carbonyl (C=O) groups is 1. The molecule has 5 heteroatoms. The average molecular weight is 370 g/mol. The van der Waals surface area contributed by atoms with Crippen molar-refractivity contribution in [2.24, 2.45) is 0 Å². The van der Waals surface area contributed by atoms with Crippen molar-refractivity contribution >= 4 is 17.6 Å². The summed E-state index contributed by atoms with van der Waals surface area (Å²) in [7, 11) is 1.63. The summed E-state index contributed by atoms with van der Waals surface area (Å²) in [5.74, 6) is 0.452. The topological polar surface area (TPSA) is 40.5 Å². The van der Waals surface area contributed by atoms with Crippen molar-refractivity contribution in [3.8, 4) is 22.7 Å². The quantitative estimate of drug-likeness (QED) is 0.573. The summed E-state index contributed by atoms with van der Waals surface area (Å²) in [6.07, 6.45) is 0. The van der Waals surface area contributed by atoms with E-state index in [1.807, 2.05) is 66.1 Å². The first-order chi connectivity index (χ1) is 12.5. The van der Waals surface area contributed by atoms with Crippen molar-refractivity contribution in [3.63, 3.8) is 0 Å². The molecule has 0 aliphatic carbocycles. The van der Waals surface area contributed by atoms with Crippen LogP contribution in [0.3, 0.4) is 0 Å². The van der Waals surface area contributed by atoms with Crippen molar-refractivity contribution in [1.82, 2.24) is 4.57 Å². The molecule has 0 spiro atoms. The number of rotatable bonds is 5. The van der Waals surface area contributed by atoms with Crippen molar-refractivity contribution in [2.45, 2.75) is 13.8 Å². The Balaban J connectivity index is 2.18. The van der Waals surface area contributed by atoms with Crippen LogP contribution in [0, 0.1) is 6.92 Å². The van der Waals surface area contributed by atoms with E-state index in [1.54, 1.807) is 14.0 Å². The third-order valence-corrected chi connectivity index (χ3v) is 4.47. The van der Waals surface area contributed by atoms with E-state index in [2.05, 4.69) is 0 Å². The Morgan fingerprint density at radius 3 is 2.31 bits per heavy atom. The van der Waals surface area contributed by atoms with Gasteiger partial charge in [-0.15, -0.1) is 0 Å². The van der Waals surface area contributed by atoms with Gasteiger partial charge in [0.1, 0.15) is 5.75 Å². The summed E-state index contributed by atoms with van der Waals surface area (Å²) in [6, 6.07) is 17.1. The number of aromatic nitrogens is 1. The predicted octanol–water partition coefficient (Wildman–Crippen LogP) is 5.29. The number of ether oxygens (including phenoxy) is 2. The molecule has 0 radical (unpaired) electrons. The number of hydrogen-bond acceptors (Lipinski definition) is 3. The summed E-state index contributed by atoms with van der Waals surface area (Å²) < 4.78 is 12.5. The second kappa shape index (κ2) is 7.67. The molecule has 3 rings (SSSR count). The molecule has 0 bridgehead atoms. The highest BCUT2D eigenvalue weighted by atomic mass is 35.5. The van der Waals surface area contributed by atoms with Crippen molar-refractivity contribution in [3.05, 3.63) is 70.9 Å². The Hall–Kier alpha value is -2.72. The molecule has 0 unspecified atom stereocenters. The maximum absolute atomic E-state index is 12.4. The molecule has 4 nitrogen and oxygen atoms in total. The van der Waals surface area contributed by atoms with Crippen LogP contribution in [0.4, 0.5) is 0 Å². The van der Waals surface area contributed by atoms with Gasteiger partial charge < -0.3 is 14.0 Å². The lowest BCUT2D eigenvalue weighted by molar-refractivity contribution is 0.0525. The molecule has 0 amide bonds. The van der Waals surface area contributed by atoms with Crippen LogP contribution in [0.15, 0.2) is 54.6 Å². The standard InChI is InChI=1S/C21H20ClNO3/c1-4-26-21(24)19-13-20(15-5-11-18(25-3)12-6-15)23(14(19)2)17-9-7-16(22)8-10-17/h5-13H,4H2,1-3H3. The van der Waals surface area contributed by atoms with Gasteiger partial charge in [-0.2, -0.15) is 0 Å². The van der Waals surface area contributed by atoms with E-state index in [4.69, 9.17) is 21.1 Å². The number of methoxy groups -OCH3 is 1. The summed E-state index contributed by atoms with van der Waals surface area (Å²) in [4.78, 5) is 12.4. The summed E-state index contributed by atoms with van der Waals surface area (Å²) in [6.45, 7) is 4.05. The van der Waals surface area contributed by atoms with Crippen molar-refractivity contribution in [1.29, 1.82) is 0 Å². The second-order valence-corrected chi connectivity index (χ2v) is 6.23. The predicted molar refractivity (Wildman–Crippen MR) is 103 cm³/mol. The molecule has 1 aromatic heterocycles. The highest BCUT2D eigenvalue weighted by molar-refractivity contribution is 6.30. The highest BCUT2D eigenvalue weighted by Gasteiger charge is 2.20. The van der Waals surface area contributed by atoms with E-state index in [1.165, 1.54) is 0 Å². The van der Waals surface area contributed by atoms with E-state index in [-0.39, 0.29) is 5.97 Å². The largest absolute Gasteiger partial charge is 0.497 e. The fraction of sp³-hybridized carbons (Fsp3) is 0.190. The Kier molecular flexibility index (Phi) is 5.33. The maximum atomic E-state index is 12.4. The first-order valence-electron chi connectivity index (χ1n) is 8.35. The van der Waals surface area contributed by atoms with Gasteiger partial charge in [0, 0.05) is 16.4 Å². The molecular formula is C21H20ClNO3. The van der Waals surface area contributed by atoms with Crippen LogP contribution in [0.2, 0.25) is 5.02 Å². The van der Waals surface area contributed by atoms with Crippen LogP contribution >= 0.6 is 11.6 Å². The molecule has 0 aliphatic heterocycles. The molecule has 3 aromatic rings. The van der Waals surface area contributed by atoms with Crippen LogP contribution < -0.4 is 4.74 Å². The van der Waals surface area contributed by atoms with Gasteiger partial charge >= 0.3 is 5.97 Å². The van der Waals surface area contributed by atoms with E-state index in [0.717, 1.165) is 28.4 Å². The first-order valence-corrected chi connectivity index (χ1v) is 8.72. The van der Waals surface area contributed by atoms with E-state index in [0.29, 0.717) is 17.2 Å². The average Bonchev–Trinajstić information content (AvgIpc) is 3.00. The zero-order chi connectivity index (χ0) is 18.7. The number of benzene rings is 2. The molecule has 0 atom stereocenters. The molecule has 0 fully saturated rings. The smallest absolute Gasteiger partial charge is 0.339 e. The van der Waals surface area contributed by atoms with Crippen molar-refractivity contribution in [2.75, 3.05) is 13.7 Å². The van der Waals surface area contributed by atoms with Gasteiger partial charge in [-0.3, -0.25) is 0 Å². The lowest BCUT2D eigenvalue weighted by Gasteiger charge is -2.13. The van der Waals surface area contributed by atoms with E-state index in [9.17, 15) is 4.79 Å². The van der Waals surface area contributed by atoms with Gasteiger partial charge in [-0.1, -0.05) is 11.6 Å². The fourth-order valence-electron chi connectivity index (χ4n) is 2.92. The lowest BCUT2D eigenvalue weighted by Crippen LogP contribution is -2.06. The summed E-state index contributed by atoms with van der Waals surface area (Å²) in [5.41, 5.74) is 4.16. The van der Waals surface area contributed by atoms with Crippen molar-refractivity contribution < 1.29 is 14.3 Å². The molecule has 26 heavy (non-hydrogen) atoms.